The van der Waals surface area contributed by atoms with E-state index in [9.17, 15) is 4.79 Å². The number of hydrogen-bond donors (Lipinski definition) is 1. The van der Waals surface area contributed by atoms with Crippen LogP contribution in [-0.4, -0.2) is 29.7 Å². The van der Waals surface area contributed by atoms with Gasteiger partial charge in [-0.15, -0.1) is 5.06 Å². The summed E-state index contributed by atoms with van der Waals surface area (Å²) in [5, 5.41) is 2.08. The van der Waals surface area contributed by atoms with Crippen molar-refractivity contribution < 1.29 is 14.4 Å². The second-order valence-electron chi connectivity index (χ2n) is 6.53. The average Bonchev–Trinajstić information content (AvgIpc) is 2.79. The van der Waals surface area contributed by atoms with Crippen molar-refractivity contribution in [2.24, 2.45) is 0 Å². The van der Waals surface area contributed by atoms with Crippen LogP contribution in [0.5, 0.6) is 5.75 Å². The molecule has 0 spiro atoms. The highest BCUT2D eigenvalue weighted by molar-refractivity contribution is 6.33. The maximum atomic E-state index is 12.5. The van der Waals surface area contributed by atoms with Gasteiger partial charge in [-0.25, -0.2) is 4.79 Å². The van der Waals surface area contributed by atoms with E-state index in [4.69, 9.17) is 26.9 Å². The summed E-state index contributed by atoms with van der Waals surface area (Å²) >= 11 is 6.18. The van der Waals surface area contributed by atoms with Crippen LogP contribution in [0.1, 0.15) is 49.0 Å². The summed E-state index contributed by atoms with van der Waals surface area (Å²) in [4.78, 5) is 18.0. The van der Waals surface area contributed by atoms with Gasteiger partial charge in [0.15, 0.2) is 0 Å². The molecule has 0 saturated carbocycles. The lowest BCUT2D eigenvalue weighted by Gasteiger charge is -2.25. The quantitative estimate of drug-likeness (QED) is 0.846. The van der Waals surface area contributed by atoms with E-state index >= 15 is 0 Å². The largest absolute Gasteiger partial charge is 0.486 e. The molecule has 0 aromatic heterocycles. The molecule has 1 aromatic rings. The van der Waals surface area contributed by atoms with Gasteiger partial charge in [0.1, 0.15) is 16.9 Å². The molecule has 2 aliphatic rings. The molecule has 120 valence electrons. The minimum atomic E-state index is -0.433. The molecule has 22 heavy (non-hydrogen) atoms. The maximum absolute atomic E-state index is 12.5. The Bertz CT molecular complexity index is 610. The molecule has 2 N–H and O–H groups in total. The lowest BCUT2D eigenvalue weighted by Crippen LogP contribution is -2.32. The number of anilines is 1. The van der Waals surface area contributed by atoms with Gasteiger partial charge in [-0.3, -0.25) is 0 Å². The van der Waals surface area contributed by atoms with Gasteiger partial charge in [-0.2, -0.15) is 0 Å². The summed E-state index contributed by atoms with van der Waals surface area (Å²) in [6, 6.07) is 1.55. The highest BCUT2D eigenvalue weighted by Gasteiger charge is 2.36. The van der Waals surface area contributed by atoms with Crippen LogP contribution in [0.2, 0.25) is 5.02 Å². The third kappa shape index (κ3) is 2.88. The Morgan fingerprint density at radius 3 is 2.73 bits per heavy atom. The molecule has 1 aromatic carbocycles. The molecule has 3 rings (SSSR count). The van der Waals surface area contributed by atoms with Gasteiger partial charge < -0.3 is 15.3 Å². The summed E-state index contributed by atoms with van der Waals surface area (Å²) in [5.74, 6) is 0.0756. The number of halogens is 1. The summed E-state index contributed by atoms with van der Waals surface area (Å²) in [6.45, 7) is 5.45. The van der Waals surface area contributed by atoms with Gasteiger partial charge in [0.25, 0.3) is 0 Å². The van der Waals surface area contributed by atoms with Crippen LogP contribution in [-0.2, 0) is 11.3 Å². The molecule has 6 heteroatoms. The first-order valence-corrected chi connectivity index (χ1v) is 8.02. The van der Waals surface area contributed by atoms with Gasteiger partial charge >= 0.3 is 5.97 Å². The van der Waals surface area contributed by atoms with Crippen molar-refractivity contribution in [3.8, 4) is 5.75 Å². The standard InChI is InChI=1S/C16H21ClN2O3/c1-16(2)9-11-13(18)12(17)8-10(14(11)21-16)15(20)22-19-6-4-3-5-7-19/h8H,3-7,9,18H2,1-2H3. The van der Waals surface area contributed by atoms with Gasteiger partial charge in [0.2, 0.25) is 0 Å². The number of hydroxylamine groups is 2. The number of fused-ring (bicyclic) bond motifs is 1. The third-order valence-electron chi connectivity index (χ3n) is 4.10. The Balaban J connectivity index is 1.89. The predicted octanol–water partition coefficient (Wildman–Crippen LogP) is 3.19. The number of carbonyl (C=O) groups is 1. The molecule has 0 bridgehead atoms. The molecule has 0 aliphatic carbocycles. The smallest absolute Gasteiger partial charge is 0.360 e. The van der Waals surface area contributed by atoms with E-state index < -0.39 is 11.6 Å². The average molecular weight is 325 g/mol. The monoisotopic (exact) mass is 324 g/mol. The lowest BCUT2D eigenvalue weighted by molar-refractivity contribution is -0.119. The molecule has 5 nitrogen and oxygen atoms in total. The topological polar surface area (TPSA) is 64.8 Å². The fourth-order valence-corrected chi connectivity index (χ4v) is 3.23. The zero-order chi connectivity index (χ0) is 15.9. The number of benzene rings is 1. The van der Waals surface area contributed by atoms with Crippen molar-refractivity contribution in [1.82, 2.24) is 5.06 Å². The van der Waals surface area contributed by atoms with Crippen LogP contribution in [0.3, 0.4) is 0 Å². The van der Waals surface area contributed by atoms with E-state index in [0.717, 1.165) is 31.5 Å². The zero-order valence-electron chi connectivity index (χ0n) is 12.9. The minimum Gasteiger partial charge on any atom is -0.486 e. The van der Waals surface area contributed by atoms with Crippen molar-refractivity contribution in [3.63, 3.8) is 0 Å². The van der Waals surface area contributed by atoms with E-state index in [1.54, 1.807) is 11.1 Å². The van der Waals surface area contributed by atoms with Gasteiger partial charge in [-0.1, -0.05) is 18.0 Å². The van der Waals surface area contributed by atoms with Crippen LogP contribution >= 0.6 is 11.6 Å². The number of rotatable bonds is 2. The van der Waals surface area contributed by atoms with Crippen molar-refractivity contribution in [1.29, 1.82) is 0 Å². The summed E-state index contributed by atoms with van der Waals surface area (Å²) in [5.41, 5.74) is 7.26. The molecule has 0 atom stereocenters. The fraction of sp³-hybridized carbons (Fsp3) is 0.562. The Morgan fingerprint density at radius 2 is 2.05 bits per heavy atom. The number of nitrogen functional groups attached to an aromatic ring is 1. The SMILES string of the molecule is CC1(C)Cc2c(N)c(Cl)cc(C(=O)ON3CCCCC3)c2O1. The molecule has 1 fully saturated rings. The van der Waals surface area contributed by atoms with E-state index in [0.29, 0.717) is 28.4 Å². The Hall–Kier alpha value is -1.46. The number of carbonyl (C=O) groups excluding carboxylic acids is 1. The van der Waals surface area contributed by atoms with Crippen LogP contribution in [0.4, 0.5) is 5.69 Å². The normalized spacial score (nSPS) is 20.3. The van der Waals surface area contributed by atoms with Crippen molar-refractivity contribution >= 4 is 23.3 Å². The minimum absolute atomic E-state index is 0.352. The number of nitrogens with two attached hydrogens (primary N) is 1. The number of piperidine rings is 1. The molecule has 2 heterocycles. The number of ether oxygens (including phenoxy) is 1. The Kier molecular flexibility index (Phi) is 3.95. The summed E-state index contributed by atoms with van der Waals surface area (Å²) in [7, 11) is 0. The van der Waals surface area contributed by atoms with Crippen molar-refractivity contribution in [3.05, 3.63) is 22.2 Å². The van der Waals surface area contributed by atoms with Crippen LogP contribution < -0.4 is 10.5 Å². The first kappa shape index (κ1) is 15.4. The highest BCUT2D eigenvalue weighted by Crippen LogP contribution is 2.44. The number of nitrogens with zero attached hydrogens (tertiary/aromatic N) is 1. The predicted molar refractivity (Wildman–Crippen MR) is 85.1 cm³/mol. The van der Waals surface area contributed by atoms with E-state index in [-0.39, 0.29) is 0 Å². The van der Waals surface area contributed by atoms with Crippen molar-refractivity contribution in [2.75, 3.05) is 18.8 Å². The molecule has 2 aliphatic heterocycles. The molecule has 0 radical (unpaired) electrons. The van der Waals surface area contributed by atoms with Gasteiger partial charge in [0, 0.05) is 25.1 Å². The van der Waals surface area contributed by atoms with Crippen molar-refractivity contribution in [2.45, 2.75) is 45.1 Å². The molecular weight excluding hydrogens is 304 g/mol. The summed E-state index contributed by atoms with van der Waals surface area (Å²) in [6.07, 6.45) is 3.88. The van der Waals surface area contributed by atoms with Gasteiger partial charge in [0.05, 0.1) is 10.7 Å². The van der Waals surface area contributed by atoms with Crippen LogP contribution in [0.15, 0.2) is 6.07 Å². The zero-order valence-corrected chi connectivity index (χ0v) is 13.7. The lowest BCUT2D eigenvalue weighted by atomic mass is 9.99. The molecule has 1 saturated heterocycles. The van der Waals surface area contributed by atoms with E-state index in [1.165, 1.54) is 6.42 Å². The summed E-state index contributed by atoms with van der Waals surface area (Å²) < 4.78 is 5.91. The maximum Gasteiger partial charge on any atom is 0.360 e. The third-order valence-corrected chi connectivity index (χ3v) is 4.41. The number of hydrogen-bond acceptors (Lipinski definition) is 5. The fourth-order valence-electron chi connectivity index (χ4n) is 3.00. The Morgan fingerprint density at radius 1 is 1.36 bits per heavy atom. The first-order chi connectivity index (χ1) is 10.4. The molecular formula is C16H21ClN2O3. The Labute approximate surface area is 135 Å². The highest BCUT2D eigenvalue weighted by atomic mass is 35.5. The second-order valence-corrected chi connectivity index (χ2v) is 6.94. The van der Waals surface area contributed by atoms with E-state index in [1.807, 2.05) is 13.8 Å². The van der Waals surface area contributed by atoms with E-state index in [2.05, 4.69) is 0 Å². The molecule has 0 amide bonds. The second kappa shape index (κ2) is 5.63. The molecule has 0 unspecified atom stereocenters. The van der Waals surface area contributed by atoms with Crippen LogP contribution in [0.25, 0.3) is 0 Å². The van der Waals surface area contributed by atoms with Gasteiger partial charge in [-0.05, 0) is 32.8 Å². The van der Waals surface area contributed by atoms with Crippen LogP contribution in [0, 0.1) is 0 Å². The first-order valence-electron chi connectivity index (χ1n) is 7.64.